The standard InChI is InChI=1S/C51H54N2O5Si/c1-5-35(31-36-17-15-16-24-45(36)54)25-30-46-47-37(33-58-59(51(2,3)4,41-20-11-7-12-21-41)42-22-13-8-14-23-42)32-43-48(44(47)34-57-46)50(56)53(49(43)55)40-28-26-39(27-29-40)52-38-18-9-6-10-19-38/h6-24,26-29,31,43-44,46,48,52,54H,5,25,30,32-34H2,1-4H3/b35-31+/t43-,44+,46-,48-/m1/s1. The van der Waals surface area contributed by atoms with Crippen molar-refractivity contribution in [1.82, 2.24) is 0 Å². The first kappa shape index (κ1) is 40.2. The molecule has 2 N–H and O–H groups in total. The zero-order chi connectivity index (χ0) is 41.1. The van der Waals surface area contributed by atoms with Crippen LogP contribution < -0.4 is 20.6 Å². The third-order valence-electron chi connectivity index (χ3n) is 12.6. The van der Waals surface area contributed by atoms with E-state index in [1.807, 2.05) is 84.9 Å². The fraction of sp³-hybridized carbons (Fsp3) is 0.294. The first-order chi connectivity index (χ1) is 28.6. The summed E-state index contributed by atoms with van der Waals surface area (Å²) in [6.07, 6.45) is 4.62. The Balaban J connectivity index is 1.14. The van der Waals surface area contributed by atoms with Gasteiger partial charge >= 0.3 is 0 Å². The zero-order valence-electron chi connectivity index (χ0n) is 34.4. The van der Waals surface area contributed by atoms with Crippen LogP contribution in [0.25, 0.3) is 6.08 Å². The summed E-state index contributed by atoms with van der Waals surface area (Å²) in [4.78, 5) is 30.6. The second kappa shape index (κ2) is 17.0. The van der Waals surface area contributed by atoms with Crippen LogP contribution in [0.3, 0.4) is 0 Å². The van der Waals surface area contributed by atoms with E-state index in [2.05, 4.69) is 87.6 Å². The lowest BCUT2D eigenvalue weighted by Gasteiger charge is -2.44. The van der Waals surface area contributed by atoms with Crippen molar-refractivity contribution in [3.63, 3.8) is 0 Å². The van der Waals surface area contributed by atoms with E-state index >= 15 is 0 Å². The van der Waals surface area contributed by atoms with Crippen molar-refractivity contribution in [2.75, 3.05) is 23.4 Å². The Bertz CT molecular complexity index is 2300. The Labute approximate surface area is 349 Å². The van der Waals surface area contributed by atoms with Gasteiger partial charge < -0.3 is 19.6 Å². The van der Waals surface area contributed by atoms with E-state index in [0.29, 0.717) is 25.3 Å². The minimum atomic E-state index is -2.93. The molecule has 2 saturated heterocycles. The molecule has 5 aromatic carbocycles. The number of aromatic hydroxyl groups is 1. The number of benzene rings is 5. The Morgan fingerprint density at radius 3 is 2.00 bits per heavy atom. The number of hydrogen-bond donors (Lipinski definition) is 2. The van der Waals surface area contributed by atoms with Crippen LogP contribution in [0, 0.1) is 17.8 Å². The molecule has 2 fully saturated rings. The highest BCUT2D eigenvalue weighted by atomic mass is 28.4. The van der Waals surface area contributed by atoms with Crippen molar-refractivity contribution in [1.29, 1.82) is 0 Å². The number of nitrogens with one attached hydrogen (secondary N) is 1. The van der Waals surface area contributed by atoms with Crippen LogP contribution in [0.2, 0.25) is 5.04 Å². The van der Waals surface area contributed by atoms with Crippen molar-refractivity contribution < 1.29 is 23.9 Å². The van der Waals surface area contributed by atoms with Crippen molar-refractivity contribution in [2.45, 2.75) is 64.5 Å². The number of phenolic OH excluding ortho intramolecular Hbond substituents is 1. The molecular weight excluding hydrogens is 749 g/mol. The van der Waals surface area contributed by atoms with Gasteiger partial charge in [0.05, 0.1) is 36.8 Å². The highest BCUT2D eigenvalue weighted by Crippen LogP contribution is 2.51. The number of fused-ring (bicyclic) bond motifs is 3. The monoisotopic (exact) mass is 802 g/mol. The number of anilines is 3. The highest BCUT2D eigenvalue weighted by Gasteiger charge is 2.58. The Morgan fingerprint density at radius 2 is 1.39 bits per heavy atom. The van der Waals surface area contributed by atoms with Gasteiger partial charge in [0, 0.05) is 22.9 Å². The molecule has 2 heterocycles. The van der Waals surface area contributed by atoms with E-state index in [0.717, 1.165) is 47.3 Å². The van der Waals surface area contributed by atoms with Crippen LogP contribution in [0.15, 0.2) is 156 Å². The fourth-order valence-electron chi connectivity index (χ4n) is 9.70. The second-order valence-corrected chi connectivity index (χ2v) is 21.4. The lowest BCUT2D eigenvalue weighted by molar-refractivity contribution is -0.122. The van der Waals surface area contributed by atoms with E-state index in [4.69, 9.17) is 9.16 Å². The van der Waals surface area contributed by atoms with E-state index in [1.165, 1.54) is 20.8 Å². The lowest BCUT2D eigenvalue weighted by Crippen LogP contribution is -2.66. The van der Waals surface area contributed by atoms with Crippen molar-refractivity contribution in [3.8, 4) is 5.75 Å². The third kappa shape index (κ3) is 7.85. The summed E-state index contributed by atoms with van der Waals surface area (Å²) in [6.45, 7) is 9.69. The van der Waals surface area contributed by atoms with Gasteiger partial charge in [-0.2, -0.15) is 0 Å². The molecule has 8 heteroatoms. The van der Waals surface area contributed by atoms with Crippen LogP contribution >= 0.6 is 0 Å². The van der Waals surface area contributed by atoms with E-state index < -0.39 is 20.2 Å². The molecule has 0 unspecified atom stereocenters. The molecule has 1 aliphatic carbocycles. The van der Waals surface area contributed by atoms with Crippen molar-refractivity contribution in [3.05, 3.63) is 162 Å². The number of amides is 2. The summed E-state index contributed by atoms with van der Waals surface area (Å²) >= 11 is 0. The number of phenols is 1. The predicted molar refractivity (Wildman–Crippen MR) is 240 cm³/mol. The Hall–Kier alpha value is -5.54. The number of imide groups is 1. The van der Waals surface area contributed by atoms with Gasteiger partial charge in [0.2, 0.25) is 11.8 Å². The topological polar surface area (TPSA) is 88.1 Å². The first-order valence-electron chi connectivity index (χ1n) is 20.9. The number of carbonyl (C=O) groups is 2. The van der Waals surface area contributed by atoms with Gasteiger partial charge in [0.1, 0.15) is 5.75 Å². The Kier molecular flexibility index (Phi) is 11.6. The van der Waals surface area contributed by atoms with Gasteiger partial charge in [-0.15, -0.1) is 0 Å². The average molecular weight is 803 g/mol. The van der Waals surface area contributed by atoms with Crippen LogP contribution in [-0.2, 0) is 18.8 Å². The van der Waals surface area contributed by atoms with Crippen LogP contribution in [-0.4, -0.2) is 44.6 Å². The summed E-state index contributed by atoms with van der Waals surface area (Å²) < 4.78 is 14.3. The maximum atomic E-state index is 14.6. The molecule has 0 spiro atoms. The largest absolute Gasteiger partial charge is 0.507 e. The number of hydrogen-bond acceptors (Lipinski definition) is 6. The molecule has 4 atom stereocenters. The van der Waals surface area contributed by atoms with Crippen molar-refractivity contribution in [2.24, 2.45) is 17.8 Å². The summed E-state index contributed by atoms with van der Waals surface area (Å²) in [7, 11) is -2.93. The third-order valence-corrected chi connectivity index (χ3v) is 17.5. The molecule has 2 aliphatic heterocycles. The minimum Gasteiger partial charge on any atom is -0.507 e. The Morgan fingerprint density at radius 1 is 0.797 bits per heavy atom. The van der Waals surface area contributed by atoms with Gasteiger partial charge in [-0.1, -0.05) is 136 Å². The minimum absolute atomic E-state index is 0.156. The number of rotatable bonds is 13. The second-order valence-electron chi connectivity index (χ2n) is 17.1. The van der Waals surface area contributed by atoms with Gasteiger partial charge in [0.25, 0.3) is 8.32 Å². The molecular formula is C51H54N2O5Si. The number of allylic oxidation sites excluding steroid dienone is 1. The molecule has 59 heavy (non-hydrogen) atoms. The van der Waals surface area contributed by atoms with Gasteiger partial charge in [-0.05, 0) is 94.7 Å². The number of para-hydroxylation sites is 2. The summed E-state index contributed by atoms with van der Waals surface area (Å²) in [5.41, 5.74) is 6.64. The molecule has 5 aromatic rings. The van der Waals surface area contributed by atoms with E-state index in [9.17, 15) is 14.7 Å². The molecule has 0 bridgehead atoms. The highest BCUT2D eigenvalue weighted by molar-refractivity contribution is 6.99. The van der Waals surface area contributed by atoms with Crippen LogP contribution in [0.5, 0.6) is 5.75 Å². The number of carbonyl (C=O) groups excluding carboxylic acids is 2. The molecule has 2 amide bonds. The molecule has 7 nitrogen and oxygen atoms in total. The van der Waals surface area contributed by atoms with Crippen molar-refractivity contribution >= 4 is 53.6 Å². The maximum absolute atomic E-state index is 14.6. The lowest BCUT2D eigenvalue weighted by atomic mass is 9.69. The summed E-state index contributed by atoms with van der Waals surface area (Å²) in [5, 5.41) is 16.1. The zero-order valence-corrected chi connectivity index (χ0v) is 35.4. The van der Waals surface area contributed by atoms with Gasteiger partial charge in [-0.3, -0.25) is 14.5 Å². The molecule has 0 aromatic heterocycles. The quantitative estimate of drug-likeness (QED) is 0.0701. The number of nitrogens with zero attached hydrogens (tertiary/aromatic N) is 1. The van der Waals surface area contributed by atoms with Crippen LogP contribution in [0.1, 0.15) is 58.9 Å². The number of ether oxygens (including phenoxy) is 1. The van der Waals surface area contributed by atoms with E-state index in [1.54, 1.807) is 6.07 Å². The average Bonchev–Trinajstić information content (AvgIpc) is 3.78. The first-order valence-corrected chi connectivity index (χ1v) is 22.9. The maximum Gasteiger partial charge on any atom is 0.261 e. The summed E-state index contributed by atoms with van der Waals surface area (Å²) in [6, 6.07) is 46.1. The smallest absolute Gasteiger partial charge is 0.261 e. The van der Waals surface area contributed by atoms with Crippen LogP contribution in [0.4, 0.5) is 17.1 Å². The van der Waals surface area contributed by atoms with Gasteiger partial charge in [0.15, 0.2) is 0 Å². The fourth-order valence-corrected chi connectivity index (χ4v) is 14.2. The molecule has 0 saturated carbocycles. The molecule has 302 valence electrons. The normalized spacial score (nSPS) is 20.8. The summed E-state index contributed by atoms with van der Waals surface area (Å²) in [5.74, 6) is -1.31. The molecule has 3 aliphatic rings. The molecule has 8 rings (SSSR count). The van der Waals surface area contributed by atoms with Gasteiger partial charge in [-0.25, -0.2) is 0 Å². The SMILES string of the molecule is CC/C(=C\c1ccccc1O)CC[C@H]1OC[C@H]2C1=C(CO[Si](c1ccccc1)(c1ccccc1)C(C)(C)C)C[C@H]1C(=O)N(c3ccc(Nc4ccccc4)cc3)C(=O)[C@H]12. The predicted octanol–water partition coefficient (Wildman–Crippen LogP) is 9.81. The van der Waals surface area contributed by atoms with E-state index in [-0.39, 0.29) is 34.6 Å². The molecule has 0 radical (unpaired) electrons.